The number of carbonyl (C=O) groups is 1. The molecular weight excluding hydrogens is 144 g/mol. The van der Waals surface area contributed by atoms with Gasteiger partial charge in [0.1, 0.15) is 0 Å². The van der Waals surface area contributed by atoms with Crippen LogP contribution in [-0.2, 0) is 18.3 Å². The van der Waals surface area contributed by atoms with Crippen molar-refractivity contribution in [2.75, 3.05) is 0 Å². The molecule has 0 aromatic carbocycles. The minimum absolute atomic E-state index is 0.166. The lowest BCUT2D eigenvalue weighted by atomic mass is 10.2. The summed E-state index contributed by atoms with van der Waals surface area (Å²) in [6, 6.07) is 0. The summed E-state index contributed by atoms with van der Waals surface area (Å²) in [5.74, 6) is -0.381. The third-order valence-electron chi connectivity index (χ3n) is 1.54. The van der Waals surface area contributed by atoms with Crippen LogP contribution in [0.4, 0.5) is 0 Å². The van der Waals surface area contributed by atoms with E-state index in [2.05, 4.69) is 10.3 Å². The Labute approximate surface area is 64.2 Å². The second-order valence-corrected chi connectivity index (χ2v) is 2.39. The summed E-state index contributed by atoms with van der Waals surface area (Å²) in [6.07, 6.45) is 0.166. The summed E-state index contributed by atoms with van der Waals surface area (Å²) < 4.78 is 1.61. The van der Waals surface area contributed by atoms with Crippen molar-refractivity contribution < 1.29 is 4.79 Å². The Bertz CT molecular complexity index is 278. The number of rotatable bonds is 2. The van der Waals surface area contributed by atoms with Gasteiger partial charge in [-0.15, -0.1) is 5.10 Å². The van der Waals surface area contributed by atoms with Crippen molar-refractivity contribution in [3.8, 4) is 0 Å². The number of hydrogen-bond donors (Lipinski definition) is 1. The van der Waals surface area contributed by atoms with Crippen LogP contribution in [0.3, 0.4) is 0 Å². The number of aromatic nitrogens is 3. The number of aryl methyl sites for hydroxylation is 1. The fraction of sp³-hybridized carbons (Fsp3) is 0.500. The van der Waals surface area contributed by atoms with E-state index in [-0.39, 0.29) is 12.3 Å². The van der Waals surface area contributed by atoms with Crippen LogP contribution in [0.25, 0.3) is 0 Å². The molecule has 0 unspecified atom stereocenters. The Morgan fingerprint density at radius 3 is 2.73 bits per heavy atom. The standard InChI is InChI=1S/C6H10N4O/c1-4-5(3-6(7)11)8-9-10(4)2/h3H2,1-2H3,(H2,7,11). The van der Waals surface area contributed by atoms with Gasteiger partial charge in [-0.05, 0) is 6.92 Å². The quantitative estimate of drug-likeness (QED) is 0.603. The van der Waals surface area contributed by atoms with E-state index in [0.29, 0.717) is 5.69 Å². The fourth-order valence-corrected chi connectivity index (χ4v) is 0.776. The van der Waals surface area contributed by atoms with E-state index in [9.17, 15) is 4.79 Å². The predicted octanol–water partition coefficient (Wildman–Crippen LogP) is -0.849. The summed E-state index contributed by atoms with van der Waals surface area (Å²) in [5, 5.41) is 7.50. The molecule has 0 saturated heterocycles. The van der Waals surface area contributed by atoms with Gasteiger partial charge in [-0.1, -0.05) is 5.21 Å². The highest BCUT2D eigenvalue weighted by molar-refractivity contribution is 5.76. The number of nitrogens with two attached hydrogens (primary N) is 1. The van der Waals surface area contributed by atoms with E-state index in [0.717, 1.165) is 5.69 Å². The average molecular weight is 154 g/mol. The molecule has 0 spiro atoms. The van der Waals surface area contributed by atoms with Gasteiger partial charge >= 0.3 is 0 Å². The van der Waals surface area contributed by atoms with Crippen molar-refractivity contribution in [1.29, 1.82) is 0 Å². The molecule has 0 bridgehead atoms. The number of hydrogen-bond acceptors (Lipinski definition) is 3. The molecule has 1 amide bonds. The molecule has 2 N–H and O–H groups in total. The second-order valence-electron chi connectivity index (χ2n) is 2.39. The molecule has 0 aliphatic heterocycles. The molecule has 1 heterocycles. The smallest absolute Gasteiger partial charge is 0.223 e. The normalized spacial score (nSPS) is 10.0. The van der Waals surface area contributed by atoms with E-state index < -0.39 is 0 Å². The minimum atomic E-state index is -0.381. The van der Waals surface area contributed by atoms with Gasteiger partial charge in [0.25, 0.3) is 0 Å². The van der Waals surface area contributed by atoms with Gasteiger partial charge in [0.2, 0.25) is 5.91 Å². The van der Waals surface area contributed by atoms with Gasteiger partial charge in [0.05, 0.1) is 17.8 Å². The van der Waals surface area contributed by atoms with E-state index >= 15 is 0 Å². The molecule has 0 fully saturated rings. The molecule has 1 rings (SSSR count). The van der Waals surface area contributed by atoms with Crippen LogP contribution < -0.4 is 5.73 Å². The van der Waals surface area contributed by atoms with Crippen LogP contribution in [0.15, 0.2) is 0 Å². The topological polar surface area (TPSA) is 73.8 Å². The van der Waals surface area contributed by atoms with Crippen molar-refractivity contribution in [2.45, 2.75) is 13.3 Å². The molecule has 5 heteroatoms. The second kappa shape index (κ2) is 2.69. The zero-order valence-electron chi connectivity index (χ0n) is 6.53. The summed E-state index contributed by atoms with van der Waals surface area (Å²) >= 11 is 0. The lowest BCUT2D eigenvalue weighted by Gasteiger charge is -1.93. The molecule has 1 aromatic heterocycles. The fourth-order valence-electron chi connectivity index (χ4n) is 0.776. The zero-order valence-corrected chi connectivity index (χ0v) is 6.53. The van der Waals surface area contributed by atoms with Crippen LogP contribution in [0.5, 0.6) is 0 Å². The third kappa shape index (κ3) is 1.54. The van der Waals surface area contributed by atoms with Gasteiger partial charge in [-0.3, -0.25) is 9.48 Å². The highest BCUT2D eigenvalue weighted by Crippen LogP contribution is 2.01. The maximum absolute atomic E-state index is 10.5. The molecular formula is C6H10N4O. The number of nitrogens with zero attached hydrogens (tertiary/aromatic N) is 3. The number of amides is 1. The molecule has 1 aromatic rings. The predicted molar refractivity (Wildman–Crippen MR) is 38.6 cm³/mol. The van der Waals surface area contributed by atoms with E-state index in [1.165, 1.54) is 0 Å². The van der Waals surface area contributed by atoms with Crippen molar-refractivity contribution in [1.82, 2.24) is 15.0 Å². The number of carbonyl (C=O) groups excluding carboxylic acids is 1. The maximum atomic E-state index is 10.5. The van der Waals surface area contributed by atoms with Crippen LogP contribution in [0, 0.1) is 6.92 Å². The van der Waals surface area contributed by atoms with Gasteiger partial charge in [0.15, 0.2) is 0 Å². The number of primary amides is 1. The Morgan fingerprint density at radius 2 is 2.36 bits per heavy atom. The van der Waals surface area contributed by atoms with Crippen LogP contribution in [0.1, 0.15) is 11.4 Å². The Kier molecular flexibility index (Phi) is 1.89. The molecule has 0 aliphatic carbocycles. The molecule has 11 heavy (non-hydrogen) atoms. The average Bonchev–Trinajstić information content (AvgIpc) is 2.18. The summed E-state index contributed by atoms with van der Waals surface area (Å²) in [6.45, 7) is 1.85. The first-order valence-corrected chi connectivity index (χ1v) is 3.24. The summed E-state index contributed by atoms with van der Waals surface area (Å²) in [5.41, 5.74) is 6.52. The Hall–Kier alpha value is -1.39. The van der Waals surface area contributed by atoms with Crippen molar-refractivity contribution in [3.63, 3.8) is 0 Å². The van der Waals surface area contributed by atoms with Gasteiger partial charge in [-0.2, -0.15) is 0 Å². The van der Waals surface area contributed by atoms with Crippen molar-refractivity contribution in [2.24, 2.45) is 12.8 Å². The lowest BCUT2D eigenvalue weighted by Crippen LogP contribution is -2.14. The van der Waals surface area contributed by atoms with E-state index in [1.807, 2.05) is 6.92 Å². The SMILES string of the molecule is Cc1c(CC(N)=O)nnn1C. The molecule has 0 atom stereocenters. The maximum Gasteiger partial charge on any atom is 0.223 e. The lowest BCUT2D eigenvalue weighted by molar-refractivity contribution is -0.117. The Morgan fingerprint density at radius 1 is 1.73 bits per heavy atom. The summed E-state index contributed by atoms with van der Waals surface area (Å²) in [7, 11) is 1.77. The Balaban J connectivity index is 2.87. The van der Waals surface area contributed by atoms with Gasteiger partial charge in [-0.25, -0.2) is 0 Å². The first-order valence-electron chi connectivity index (χ1n) is 3.24. The van der Waals surface area contributed by atoms with Gasteiger partial charge < -0.3 is 5.73 Å². The molecule has 0 radical (unpaired) electrons. The monoisotopic (exact) mass is 154 g/mol. The zero-order chi connectivity index (χ0) is 8.43. The van der Waals surface area contributed by atoms with Crippen molar-refractivity contribution >= 4 is 5.91 Å². The first kappa shape index (κ1) is 7.71. The molecule has 60 valence electrons. The minimum Gasteiger partial charge on any atom is -0.369 e. The highest BCUT2D eigenvalue weighted by atomic mass is 16.1. The highest BCUT2D eigenvalue weighted by Gasteiger charge is 2.07. The van der Waals surface area contributed by atoms with Crippen LogP contribution in [0.2, 0.25) is 0 Å². The molecule has 0 aliphatic rings. The first-order chi connectivity index (χ1) is 5.11. The van der Waals surface area contributed by atoms with E-state index in [4.69, 9.17) is 5.73 Å². The largest absolute Gasteiger partial charge is 0.369 e. The molecule has 5 nitrogen and oxygen atoms in total. The van der Waals surface area contributed by atoms with E-state index in [1.54, 1.807) is 11.7 Å². The third-order valence-corrected chi connectivity index (χ3v) is 1.54. The molecule has 0 saturated carbocycles. The van der Waals surface area contributed by atoms with Gasteiger partial charge in [0, 0.05) is 7.05 Å². The van der Waals surface area contributed by atoms with Crippen molar-refractivity contribution in [3.05, 3.63) is 11.4 Å². The van der Waals surface area contributed by atoms with Crippen LogP contribution >= 0.6 is 0 Å². The summed E-state index contributed by atoms with van der Waals surface area (Å²) in [4.78, 5) is 10.5. The van der Waals surface area contributed by atoms with Crippen LogP contribution in [-0.4, -0.2) is 20.9 Å².